The van der Waals surface area contributed by atoms with Crippen LogP contribution < -0.4 is 5.32 Å². The van der Waals surface area contributed by atoms with E-state index in [1.165, 1.54) is 6.07 Å². The normalized spacial score (nSPS) is 18.8. The highest BCUT2D eigenvalue weighted by Gasteiger charge is 2.14. The topological polar surface area (TPSA) is 12.0 Å². The van der Waals surface area contributed by atoms with Gasteiger partial charge in [-0.1, -0.05) is 12.1 Å². The predicted molar refractivity (Wildman–Crippen MR) is 51.2 cm³/mol. The number of rotatable bonds is 1. The van der Waals surface area contributed by atoms with Gasteiger partial charge in [0.2, 0.25) is 0 Å². The van der Waals surface area contributed by atoms with Gasteiger partial charge in [0.1, 0.15) is 5.82 Å². The maximum absolute atomic E-state index is 12.9. The third kappa shape index (κ3) is 2.07. The van der Waals surface area contributed by atoms with E-state index in [2.05, 4.69) is 5.32 Å². The Labute approximate surface area is 78.0 Å². The molecule has 0 saturated carbocycles. The summed E-state index contributed by atoms with van der Waals surface area (Å²) in [4.78, 5) is 0. The maximum Gasteiger partial charge on any atom is 0.123 e. The van der Waals surface area contributed by atoms with Crippen LogP contribution in [0.2, 0.25) is 0 Å². The molecule has 0 spiro atoms. The Bertz CT molecular complexity index is 279. The maximum atomic E-state index is 12.9. The zero-order valence-corrected chi connectivity index (χ0v) is 7.59. The van der Waals surface area contributed by atoms with Crippen molar-refractivity contribution >= 4 is 0 Å². The highest BCUT2D eigenvalue weighted by Crippen LogP contribution is 2.25. The van der Waals surface area contributed by atoms with Gasteiger partial charge in [-0.05, 0) is 49.5 Å². The zero-order chi connectivity index (χ0) is 9.10. The van der Waals surface area contributed by atoms with Gasteiger partial charge in [0.25, 0.3) is 0 Å². The largest absolute Gasteiger partial charge is 0.317 e. The minimum atomic E-state index is -0.115. The first kappa shape index (κ1) is 8.70. The Morgan fingerprint density at radius 3 is 2.69 bits per heavy atom. The Kier molecular flexibility index (Phi) is 2.60. The second-order valence-corrected chi connectivity index (χ2v) is 3.58. The van der Waals surface area contributed by atoms with Gasteiger partial charge < -0.3 is 5.32 Å². The van der Waals surface area contributed by atoms with Crippen LogP contribution in [0.4, 0.5) is 4.39 Å². The van der Waals surface area contributed by atoms with Crippen LogP contribution in [0.5, 0.6) is 0 Å². The number of benzene rings is 1. The summed E-state index contributed by atoms with van der Waals surface area (Å²) in [6.45, 7) is 2.11. The average molecular weight is 179 g/mol. The fraction of sp³-hybridized carbons (Fsp3) is 0.455. The molecule has 1 aliphatic heterocycles. The van der Waals surface area contributed by atoms with E-state index in [-0.39, 0.29) is 5.82 Å². The van der Waals surface area contributed by atoms with Crippen molar-refractivity contribution in [2.24, 2.45) is 0 Å². The van der Waals surface area contributed by atoms with Crippen LogP contribution in [0.15, 0.2) is 24.3 Å². The van der Waals surface area contributed by atoms with Crippen molar-refractivity contribution in [2.45, 2.75) is 18.8 Å². The molecular weight excluding hydrogens is 165 g/mol. The highest BCUT2D eigenvalue weighted by atomic mass is 19.1. The summed E-state index contributed by atoms with van der Waals surface area (Å²) in [5, 5.41) is 3.31. The van der Waals surface area contributed by atoms with Crippen LogP contribution in [-0.4, -0.2) is 13.1 Å². The molecule has 2 heteroatoms. The van der Waals surface area contributed by atoms with Crippen molar-refractivity contribution in [1.29, 1.82) is 0 Å². The van der Waals surface area contributed by atoms with Gasteiger partial charge in [-0.2, -0.15) is 0 Å². The van der Waals surface area contributed by atoms with E-state index in [0.29, 0.717) is 5.92 Å². The van der Waals surface area contributed by atoms with Crippen molar-refractivity contribution in [3.63, 3.8) is 0 Å². The summed E-state index contributed by atoms with van der Waals surface area (Å²) in [5.74, 6) is 0.438. The molecule has 1 N–H and O–H groups in total. The molecule has 2 rings (SSSR count). The second-order valence-electron chi connectivity index (χ2n) is 3.58. The molecule has 0 aromatic heterocycles. The van der Waals surface area contributed by atoms with Crippen LogP contribution in [0, 0.1) is 5.82 Å². The lowest BCUT2D eigenvalue weighted by atomic mass is 9.90. The minimum Gasteiger partial charge on any atom is -0.317 e. The molecule has 0 aliphatic carbocycles. The summed E-state index contributed by atoms with van der Waals surface area (Å²) in [6, 6.07) is 6.99. The fourth-order valence-electron chi connectivity index (χ4n) is 1.92. The standard InChI is InChI=1S/C11H14FN/c12-11-3-1-2-10(8-11)9-4-6-13-7-5-9/h1-3,8-9,13H,4-7H2. The van der Waals surface area contributed by atoms with Crippen molar-refractivity contribution in [3.05, 3.63) is 35.6 Å². The van der Waals surface area contributed by atoms with E-state index in [4.69, 9.17) is 0 Å². The molecule has 1 aliphatic rings. The predicted octanol–water partition coefficient (Wildman–Crippen LogP) is 2.29. The molecule has 1 nitrogen and oxygen atoms in total. The Morgan fingerprint density at radius 1 is 1.23 bits per heavy atom. The summed E-state index contributed by atoms with van der Waals surface area (Å²) in [6.07, 6.45) is 2.26. The van der Waals surface area contributed by atoms with Gasteiger partial charge in [-0.25, -0.2) is 4.39 Å². The van der Waals surface area contributed by atoms with Gasteiger partial charge >= 0.3 is 0 Å². The Morgan fingerprint density at radius 2 is 2.00 bits per heavy atom. The van der Waals surface area contributed by atoms with Crippen molar-refractivity contribution < 1.29 is 4.39 Å². The van der Waals surface area contributed by atoms with Crippen molar-refractivity contribution in [1.82, 2.24) is 5.32 Å². The molecule has 1 saturated heterocycles. The second kappa shape index (κ2) is 3.88. The number of halogens is 1. The van der Waals surface area contributed by atoms with Gasteiger partial charge in [0.15, 0.2) is 0 Å². The molecule has 1 fully saturated rings. The van der Waals surface area contributed by atoms with Gasteiger partial charge in [-0.3, -0.25) is 0 Å². The average Bonchev–Trinajstić information content (AvgIpc) is 2.19. The number of hydrogen-bond donors (Lipinski definition) is 1. The van der Waals surface area contributed by atoms with E-state index in [1.807, 2.05) is 6.07 Å². The molecule has 1 aromatic rings. The summed E-state index contributed by atoms with van der Waals surface area (Å²) in [5.41, 5.74) is 1.15. The fourth-order valence-corrected chi connectivity index (χ4v) is 1.92. The zero-order valence-electron chi connectivity index (χ0n) is 7.59. The first-order chi connectivity index (χ1) is 6.36. The molecule has 0 atom stereocenters. The lowest BCUT2D eigenvalue weighted by Crippen LogP contribution is -2.26. The first-order valence-corrected chi connectivity index (χ1v) is 4.82. The van der Waals surface area contributed by atoms with Crippen LogP contribution >= 0.6 is 0 Å². The van der Waals surface area contributed by atoms with Gasteiger partial charge in [0, 0.05) is 0 Å². The minimum absolute atomic E-state index is 0.115. The van der Waals surface area contributed by atoms with E-state index in [1.54, 1.807) is 12.1 Å². The molecule has 0 unspecified atom stereocenters. The monoisotopic (exact) mass is 179 g/mol. The lowest BCUT2D eigenvalue weighted by molar-refractivity contribution is 0.458. The van der Waals surface area contributed by atoms with Crippen molar-refractivity contribution in [2.75, 3.05) is 13.1 Å². The molecule has 70 valence electrons. The van der Waals surface area contributed by atoms with Crippen LogP contribution in [0.3, 0.4) is 0 Å². The van der Waals surface area contributed by atoms with E-state index >= 15 is 0 Å². The smallest absolute Gasteiger partial charge is 0.123 e. The number of nitrogens with one attached hydrogen (secondary N) is 1. The van der Waals surface area contributed by atoms with E-state index in [9.17, 15) is 4.39 Å². The van der Waals surface area contributed by atoms with Crippen molar-refractivity contribution in [3.8, 4) is 0 Å². The lowest BCUT2D eigenvalue weighted by Gasteiger charge is -2.22. The van der Waals surface area contributed by atoms with Crippen LogP contribution in [0.25, 0.3) is 0 Å². The highest BCUT2D eigenvalue weighted by molar-refractivity contribution is 5.21. The molecule has 1 heterocycles. The van der Waals surface area contributed by atoms with Gasteiger partial charge in [0.05, 0.1) is 0 Å². The van der Waals surface area contributed by atoms with E-state index in [0.717, 1.165) is 31.5 Å². The Hall–Kier alpha value is -0.890. The molecule has 0 radical (unpaired) electrons. The quantitative estimate of drug-likeness (QED) is 0.697. The van der Waals surface area contributed by atoms with Crippen LogP contribution in [-0.2, 0) is 0 Å². The summed E-state index contributed by atoms with van der Waals surface area (Å²) in [7, 11) is 0. The van der Waals surface area contributed by atoms with Gasteiger partial charge in [-0.15, -0.1) is 0 Å². The number of piperidine rings is 1. The SMILES string of the molecule is Fc1cccc(C2CCNCC2)c1. The molecular formula is C11H14FN. The van der Waals surface area contributed by atoms with E-state index < -0.39 is 0 Å². The molecule has 0 bridgehead atoms. The summed E-state index contributed by atoms with van der Waals surface area (Å²) >= 11 is 0. The summed E-state index contributed by atoms with van der Waals surface area (Å²) < 4.78 is 12.9. The third-order valence-corrected chi connectivity index (χ3v) is 2.66. The first-order valence-electron chi connectivity index (χ1n) is 4.82. The molecule has 13 heavy (non-hydrogen) atoms. The molecule has 1 aromatic carbocycles. The molecule has 0 amide bonds. The third-order valence-electron chi connectivity index (χ3n) is 2.66. The Balaban J connectivity index is 2.14. The number of hydrogen-bond acceptors (Lipinski definition) is 1. The van der Waals surface area contributed by atoms with Crippen LogP contribution in [0.1, 0.15) is 24.3 Å².